The normalized spacial score (nSPS) is 21.4. The van der Waals surface area contributed by atoms with Crippen LogP contribution in [0.15, 0.2) is 33.9 Å². The van der Waals surface area contributed by atoms with Crippen LogP contribution < -0.4 is 26.4 Å². The topological polar surface area (TPSA) is 116 Å². The zero-order valence-electron chi connectivity index (χ0n) is 19.6. The van der Waals surface area contributed by atoms with Gasteiger partial charge < -0.3 is 20.6 Å². The van der Waals surface area contributed by atoms with Crippen LogP contribution in [-0.4, -0.2) is 36.6 Å². The average molecular weight is 468 g/mol. The molecule has 1 aliphatic heterocycles. The number of amides is 1. The highest BCUT2D eigenvalue weighted by Gasteiger charge is 2.28. The summed E-state index contributed by atoms with van der Waals surface area (Å²) in [7, 11) is 0. The lowest BCUT2D eigenvalue weighted by molar-refractivity contribution is -0.143. The monoisotopic (exact) mass is 467 g/mol. The summed E-state index contributed by atoms with van der Waals surface area (Å²) in [6, 6.07) is 7.19. The van der Waals surface area contributed by atoms with E-state index in [0.717, 1.165) is 44.3 Å². The summed E-state index contributed by atoms with van der Waals surface area (Å²) in [5.41, 5.74) is 1.53. The minimum Gasteiger partial charge on any atom is -0.481 e. The van der Waals surface area contributed by atoms with Gasteiger partial charge in [0.1, 0.15) is 11.4 Å². The predicted molar refractivity (Wildman–Crippen MR) is 131 cm³/mol. The molecule has 0 atom stereocenters. The van der Waals surface area contributed by atoms with E-state index in [-0.39, 0.29) is 11.8 Å². The number of carboxylic acids is 1. The number of nitrogens with zero attached hydrogens (tertiary/aromatic N) is 1. The molecular weight excluding hydrogens is 434 g/mol. The first-order valence-electron chi connectivity index (χ1n) is 12.3. The molecule has 2 fully saturated rings. The van der Waals surface area contributed by atoms with Gasteiger partial charge in [-0.1, -0.05) is 19.1 Å². The molecule has 182 valence electrons. The minimum atomic E-state index is -0.723. The smallest absolute Gasteiger partial charge is 0.306 e. The third-order valence-corrected chi connectivity index (χ3v) is 7.42. The van der Waals surface area contributed by atoms with Crippen molar-refractivity contribution in [2.24, 2.45) is 17.8 Å². The molecule has 8 nitrogen and oxygen atoms in total. The summed E-state index contributed by atoms with van der Waals surface area (Å²) < 4.78 is 0. The van der Waals surface area contributed by atoms with Crippen molar-refractivity contribution < 1.29 is 14.7 Å². The second kappa shape index (κ2) is 10.4. The fourth-order valence-electron chi connectivity index (χ4n) is 4.99. The average Bonchev–Trinajstić information content (AvgIpc) is 2.86. The first-order valence-corrected chi connectivity index (χ1v) is 12.3. The van der Waals surface area contributed by atoms with Crippen LogP contribution in [0.4, 0.5) is 11.4 Å². The number of carbonyl (C=O) groups excluding carboxylic acids is 1. The highest BCUT2D eigenvalue weighted by Crippen LogP contribution is 2.29. The number of nitrogens with one attached hydrogen (secondary N) is 2. The van der Waals surface area contributed by atoms with E-state index in [1.54, 1.807) is 12.1 Å². The lowest BCUT2D eigenvalue weighted by Gasteiger charge is -2.33. The molecule has 2 aliphatic rings. The van der Waals surface area contributed by atoms with Gasteiger partial charge in [0.05, 0.1) is 5.92 Å². The molecule has 0 bridgehead atoms. The molecular formula is C26H33N3O5. The van der Waals surface area contributed by atoms with Crippen molar-refractivity contribution >= 4 is 23.3 Å². The van der Waals surface area contributed by atoms with E-state index >= 15 is 0 Å². The molecule has 0 spiro atoms. The second-order valence-electron chi connectivity index (χ2n) is 9.87. The fourth-order valence-corrected chi connectivity index (χ4v) is 4.99. The van der Waals surface area contributed by atoms with E-state index in [2.05, 4.69) is 17.6 Å². The second-order valence-corrected chi connectivity index (χ2v) is 9.87. The van der Waals surface area contributed by atoms with Gasteiger partial charge >= 0.3 is 5.97 Å². The summed E-state index contributed by atoms with van der Waals surface area (Å²) in [6.45, 7) is 4.75. The molecule has 0 aromatic heterocycles. The molecule has 1 saturated heterocycles. The minimum absolute atomic E-state index is 0.149. The molecule has 34 heavy (non-hydrogen) atoms. The quantitative estimate of drug-likeness (QED) is 0.511. The number of carboxylic acid groups (broad SMARTS) is 1. The first kappa shape index (κ1) is 24.0. The fraction of sp³-hybridized carbons (Fsp3) is 0.538. The Morgan fingerprint density at radius 1 is 0.971 bits per heavy atom. The van der Waals surface area contributed by atoms with Gasteiger partial charge in [-0.15, -0.1) is 0 Å². The number of aliphatic carboxylic acids is 1. The zero-order valence-corrected chi connectivity index (χ0v) is 19.6. The molecule has 3 N–H and O–H groups in total. The van der Waals surface area contributed by atoms with E-state index in [9.17, 15) is 19.2 Å². The van der Waals surface area contributed by atoms with Gasteiger partial charge in [0.15, 0.2) is 0 Å². The number of rotatable bonds is 8. The standard InChI is InChI=1S/C26H33N3O5/c1-16-10-12-29(13-11-16)22-21(23(30)24(22)31)27-14-17-2-6-19(7-3-17)25(32)28-15-18-4-8-20(9-5-18)26(33)34/h2-3,6-7,16,18,20,27H,4-5,8-15H2,1H3,(H,28,32)(H,33,34). The summed E-state index contributed by atoms with van der Waals surface area (Å²) in [5, 5.41) is 15.2. The van der Waals surface area contributed by atoms with Crippen LogP contribution in [0.1, 0.15) is 61.4 Å². The van der Waals surface area contributed by atoms with Gasteiger partial charge in [0, 0.05) is 31.7 Å². The highest BCUT2D eigenvalue weighted by molar-refractivity contribution is 5.94. The molecule has 8 heteroatoms. The maximum absolute atomic E-state index is 12.5. The van der Waals surface area contributed by atoms with Crippen molar-refractivity contribution in [1.29, 1.82) is 0 Å². The van der Waals surface area contributed by atoms with Crippen LogP contribution in [-0.2, 0) is 11.3 Å². The third kappa shape index (κ3) is 5.32. The molecule has 4 rings (SSSR count). The van der Waals surface area contributed by atoms with Crippen LogP contribution in [0.2, 0.25) is 0 Å². The van der Waals surface area contributed by atoms with Crippen molar-refractivity contribution in [3.63, 3.8) is 0 Å². The Bertz CT molecular complexity index is 1090. The molecule has 1 heterocycles. The molecule has 1 saturated carbocycles. The maximum Gasteiger partial charge on any atom is 0.306 e. The van der Waals surface area contributed by atoms with Gasteiger partial charge in [0.2, 0.25) is 0 Å². The Kier molecular flexibility index (Phi) is 7.34. The van der Waals surface area contributed by atoms with Crippen molar-refractivity contribution in [1.82, 2.24) is 5.32 Å². The van der Waals surface area contributed by atoms with Crippen LogP contribution in [0, 0.1) is 17.8 Å². The molecule has 1 amide bonds. The van der Waals surface area contributed by atoms with Crippen molar-refractivity contribution in [3.05, 3.63) is 55.8 Å². The Morgan fingerprint density at radius 3 is 2.24 bits per heavy atom. The molecule has 0 radical (unpaired) electrons. The maximum atomic E-state index is 12.5. The number of carbonyl (C=O) groups is 2. The summed E-state index contributed by atoms with van der Waals surface area (Å²) in [5.74, 6) is -0.169. The SMILES string of the molecule is CC1CCN(c2c(NCc3ccc(C(=O)NCC4CCC(C(=O)O)CC4)cc3)c(=O)c2=O)CC1. The zero-order chi connectivity index (χ0) is 24.2. The first-order chi connectivity index (χ1) is 16.3. The number of anilines is 2. The van der Waals surface area contributed by atoms with Crippen LogP contribution in [0.3, 0.4) is 0 Å². The van der Waals surface area contributed by atoms with E-state index in [4.69, 9.17) is 5.11 Å². The van der Waals surface area contributed by atoms with E-state index in [1.807, 2.05) is 17.0 Å². The van der Waals surface area contributed by atoms with Crippen molar-refractivity contribution in [3.8, 4) is 0 Å². The van der Waals surface area contributed by atoms with Gasteiger partial charge in [-0.2, -0.15) is 0 Å². The number of hydrogen-bond donors (Lipinski definition) is 3. The third-order valence-electron chi connectivity index (χ3n) is 7.42. The molecule has 2 aromatic carbocycles. The van der Waals surface area contributed by atoms with Gasteiger partial charge in [-0.25, -0.2) is 0 Å². The summed E-state index contributed by atoms with van der Waals surface area (Å²) >= 11 is 0. The molecule has 0 unspecified atom stereocenters. The van der Waals surface area contributed by atoms with Crippen LogP contribution in [0.25, 0.3) is 0 Å². The highest BCUT2D eigenvalue weighted by atomic mass is 16.4. The van der Waals surface area contributed by atoms with Crippen LogP contribution >= 0.6 is 0 Å². The lowest BCUT2D eigenvalue weighted by atomic mass is 9.82. The van der Waals surface area contributed by atoms with Gasteiger partial charge in [-0.05, 0) is 68.1 Å². The number of piperidine rings is 1. The van der Waals surface area contributed by atoms with Gasteiger partial charge in [0.25, 0.3) is 16.8 Å². The Morgan fingerprint density at radius 2 is 1.62 bits per heavy atom. The number of hydrogen-bond acceptors (Lipinski definition) is 6. The summed E-state index contributed by atoms with van der Waals surface area (Å²) in [4.78, 5) is 49.8. The largest absolute Gasteiger partial charge is 0.481 e. The van der Waals surface area contributed by atoms with Gasteiger partial charge in [-0.3, -0.25) is 19.2 Å². The van der Waals surface area contributed by atoms with E-state index in [1.165, 1.54) is 0 Å². The van der Waals surface area contributed by atoms with E-state index < -0.39 is 16.8 Å². The Labute approximate surface area is 199 Å². The van der Waals surface area contributed by atoms with Crippen molar-refractivity contribution in [2.75, 3.05) is 29.9 Å². The van der Waals surface area contributed by atoms with Crippen molar-refractivity contribution in [2.45, 2.75) is 52.0 Å². The number of benzene rings is 1. The Hall–Kier alpha value is -3.16. The lowest BCUT2D eigenvalue weighted by Crippen LogP contribution is -2.45. The van der Waals surface area contributed by atoms with E-state index in [0.29, 0.717) is 54.7 Å². The molecule has 2 aromatic rings. The predicted octanol–water partition coefficient (Wildman–Crippen LogP) is 2.75. The molecule has 1 aliphatic carbocycles. The summed E-state index contributed by atoms with van der Waals surface area (Å²) in [6.07, 6.45) is 5.01. The Balaban J connectivity index is 1.26. The van der Waals surface area contributed by atoms with Crippen LogP contribution in [0.5, 0.6) is 0 Å².